The Morgan fingerprint density at radius 3 is 2.57 bits per heavy atom. The summed E-state index contributed by atoms with van der Waals surface area (Å²) in [6, 6.07) is 8.81. The Kier molecular flexibility index (Phi) is 3.60. The molecular formula is C19H19NO3. The number of nitrogens with zero attached hydrogens (tertiary/aromatic N) is 1. The van der Waals surface area contributed by atoms with E-state index in [0.717, 1.165) is 11.1 Å². The number of hydrogen-bond donors (Lipinski definition) is 2. The smallest absolute Gasteiger partial charge is 0.200 e. The molecule has 0 atom stereocenters. The minimum Gasteiger partial charge on any atom is -0.507 e. The molecule has 0 aliphatic rings. The maximum absolute atomic E-state index is 12.8. The molecule has 1 aromatic heterocycles. The Hall–Kier alpha value is -2.75. The van der Waals surface area contributed by atoms with Crippen molar-refractivity contribution in [1.29, 1.82) is 0 Å². The lowest BCUT2D eigenvalue weighted by molar-refractivity contribution is 0.445. The van der Waals surface area contributed by atoms with Crippen molar-refractivity contribution in [3.05, 3.63) is 57.8 Å². The van der Waals surface area contributed by atoms with E-state index in [0.29, 0.717) is 22.9 Å². The summed E-state index contributed by atoms with van der Waals surface area (Å²) in [6.45, 7) is 3.89. The first kappa shape index (κ1) is 15.2. The molecule has 0 aliphatic heterocycles. The van der Waals surface area contributed by atoms with Crippen LogP contribution in [0.25, 0.3) is 21.8 Å². The monoisotopic (exact) mass is 309 g/mol. The summed E-state index contributed by atoms with van der Waals surface area (Å²) in [5, 5.41) is 21.7. The lowest BCUT2D eigenvalue weighted by Crippen LogP contribution is -2.10. The second-order valence-electron chi connectivity index (χ2n) is 6.01. The van der Waals surface area contributed by atoms with Crippen LogP contribution in [-0.2, 0) is 13.5 Å². The Morgan fingerprint density at radius 1 is 1.17 bits per heavy atom. The molecule has 2 aromatic carbocycles. The van der Waals surface area contributed by atoms with Gasteiger partial charge in [0, 0.05) is 24.1 Å². The largest absolute Gasteiger partial charge is 0.507 e. The van der Waals surface area contributed by atoms with Gasteiger partial charge in [0.25, 0.3) is 0 Å². The van der Waals surface area contributed by atoms with Crippen molar-refractivity contribution in [3.8, 4) is 11.5 Å². The van der Waals surface area contributed by atoms with Crippen molar-refractivity contribution in [3.63, 3.8) is 0 Å². The van der Waals surface area contributed by atoms with Crippen LogP contribution in [0.4, 0.5) is 0 Å². The molecule has 4 heteroatoms. The molecule has 0 radical (unpaired) electrons. The van der Waals surface area contributed by atoms with Gasteiger partial charge in [-0.15, -0.1) is 0 Å². The van der Waals surface area contributed by atoms with Gasteiger partial charge in [0.2, 0.25) is 5.43 Å². The van der Waals surface area contributed by atoms with Crippen molar-refractivity contribution in [2.45, 2.75) is 20.3 Å². The van der Waals surface area contributed by atoms with Gasteiger partial charge < -0.3 is 14.8 Å². The number of para-hydroxylation sites is 1. The molecule has 0 saturated heterocycles. The van der Waals surface area contributed by atoms with Crippen LogP contribution in [0.1, 0.15) is 19.4 Å². The molecule has 118 valence electrons. The van der Waals surface area contributed by atoms with Crippen molar-refractivity contribution in [2.75, 3.05) is 0 Å². The second kappa shape index (κ2) is 5.47. The molecular weight excluding hydrogens is 290 g/mol. The number of pyridine rings is 1. The highest BCUT2D eigenvalue weighted by atomic mass is 16.3. The molecule has 0 unspecified atom stereocenters. The highest BCUT2D eigenvalue weighted by Crippen LogP contribution is 2.35. The molecule has 23 heavy (non-hydrogen) atoms. The molecule has 3 rings (SSSR count). The quantitative estimate of drug-likeness (QED) is 0.561. The summed E-state index contributed by atoms with van der Waals surface area (Å²) in [5.41, 5.74) is 2.52. The summed E-state index contributed by atoms with van der Waals surface area (Å²) >= 11 is 0. The Labute approximate surface area is 133 Å². The van der Waals surface area contributed by atoms with E-state index < -0.39 is 0 Å². The fourth-order valence-electron chi connectivity index (χ4n) is 2.90. The third-order valence-electron chi connectivity index (χ3n) is 4.17. The average Bonchev–Trinajstić information content (AvgIpc) is 2.51. The number of aromatic hydroxyl groups is 2. The molecule has 3 aromatic rings. The normalized spacial score (nSPS) is 11.1. The lowest BCUT2D eigenvalue weighted by Gasteiger charge is -2.14. The Balaban J connectivity index is 2.46. The zero-order valence-corrected chi connectivity index (χ0v) is 13.4. The van der Waals surface area contributed by atoms with Gasteiger partial charge >= 0.3 is 0 Å². The minimum atomic E-state index is -0.218. The first-order valence-corrected chi connectivity index (χ1v) is 7.50. The molecule has 2 N–H and O–H groups in total. The van der Waals surface area contributed by atoms with Gasteiger partial charge in [-0.1, -0.05) is 23.8 Å². The van der Waals surface area contributed by atoms with E-state index in [2.05, 4.69) is 0 Å². The molecule has 0 aliphatic carbocycles. The summed E-state index contributed by atoms with van der Waals surface area (Å²) in [6.07, 6.45) is 2.29. The van der Waals surface area contributed by atoms with Crippen molar-refractivity contribution >= 4 is 21.8 Å². The van der Waals surface area contributed by atoms with E-state index in [9.17, 15) is 15.0 Å². The summed E-state index contributed by atoms with van der Waals surface area (Å²) in [5.74, 6) is -0.137. The van der Waals surface area contributed by atoms with Crippen LogP contribution in [0.3, 0.4) is 0 Å². The lowest BCUT2D eigenvalue weighted by atomic mass is 10.0. The Morgan fingerprint density at radius 2 is 1.87 bits per heavy atom. The zero-order chi connectivity index (χ0) is 16.7. The van der Waals surface area contributed by atoms with Crippen LogP contribution < -0.4 is 5.43 Å². The van der Waals surface area contributed by atoms with Gasteiger partial charge in [0.05, 0.1) is 16.4 Å². The third kappa shape index (κ3) is 2.36. The van der Waals surface area contributed by atoms with E-state index in [4.69, 9.17) is 0 Å². The van der Waals surface area contributed by atoms with Crippen LogP contribution in [-0.4, -0.2) is 14.8 Å². The van der Waals surface area contributed by atoms with Crippen LogP contribution in [0.15, 0.2) is 46.8 Å². The number of hydrogen-bond acceptors (Lipinski definition) is 3. The summed E-state index contributed by atoms with van der Waals surface area (Å²) in [4.78, 5) is 12.8. The van der Waals surface area contributed by atoms with Gasteiger partial charge in [-0.3, -0.25) is 4.79 Å². The highest BCUT2D eigenvalue weighted by molar-refractivity contribution is 5.98. The number of aryl methyl sites for hydroxylation is 1. The van der Waals surface area contributed by atoms with Gasteiger partial charge in [-0.2, -0.15) is 0 Å². The van der Waals surface area contributed by atoms with Crippen LogP contribution in [0.5, 0.6) is 11.5 Å². The van der Waals surface area contributed by atoms with Crippen LogP contribution in [0, 0.1) is 0 Å². The first-order valence-electron chi connectivity index (χ1n) is 7.50. The number of allylic oxidation sites excluding steroid dienone is 2. The molecule has 4 nitrogen and oxygen atoms in total. The van der Waals surface area contributed by atoms with Crippen molar-refractivity contribution < 1.29 is 10.2 Å². The van der Waals surface area contributed by atoms with E-state index >= 15 is 0 Å². The SMILES string of the molecule is CC(C)=CCc1c(O)cc2c(c1O)c(=O)c1ccccc1n2C. The molecule has 1 heterocycles. The van der Waals surface area contributed by atoms with Crippen molar-refractivity contribution in [1.82, 2.24) is 4.57 Å². The maximum atomic E-state index is 12.8. The van der Waals surface area contributed by atoms with E-state index in [1.165, 1.54) is 0 Å². The van der Waals surface area contributed by atoms with Crippen molar-refractivity contribution in [2.24, 2.45) is 7.05 Å². The predicted molar refractivity (Wildman–Crippen MR) is 93.2 cm³/mol. The predicted octanol–water partition coefficient (Wildman–Crippen LogP) is 3.61. The fourth-order valence-corrected chi connectivity index (χ4v) is 2.90. The minimum absolute atomic E-state index is 0.00205. The second-order valence-corrected chi connectivity index (χ2v) is 6.01. The van der Waals surface area contributed by atoms with E-state index in [1.807, 2.05) is 43.7 Å². The molecule has 0 amide bonds. The Bertz CT molecular complexity index is 1010. The van der Waals surface area contributed by atoms with E-state index in [1.54, 1.807) is 18.2 Å². The highest BCUT2D eigenvalue weighted by Gasteiger charge is 2.17. The summed E-state index contributed by atoms with van der Waals surface area (Å²) in [7, 11) is 1.82. The molecule has 0 saturated carbocycles. The number of phenolic OH excluding ortho intramolecular Hbond substituents is 2. The third-order valence-corrected chi connectivity index (χ3v) is 4.17. The number of aromatic nitrogens is 1. The zero-order valence-electron chi connectivity index (χ0n) is 13.4. The van der Waals surface area contributed by atoms with E-state index in [-0.39, 0.29) is 22.3 Å². The van der Waals surface area contributed by atoms with Gasteiger partial charge in [-0.05, 0) is 32.4 Å². The van der Waals surface area contributed by atoms with Crippen LogP contribution in [0.2, 0.25) is 0 Å². The number of fused-ring (bicyclic) bond motifs is 2. The number of benzene rings is 2. The van der Waals surface area contributed by atoms with Gasteiger partial charge in [0.15, 0.2) is 0 Å². The standard InChI is InChI=1S/C19H19NO3/c1-11(2)8-9-13-16(21)10-15-17(19(13)23)18(22)12-6-4-5-7-14(12)20(15)3/h4-8,10,21,23H,9H2,1-3H3. The maximum Gasteiger partial charge on any atom is 0.200 e. The number of rotatable bonds is 2. The van der Waals surface area contributed by atoms with Gasteiger partial charge in [-0.25, -0.2) is 0 Å². The topological polar surface area (TPSA) is 62.5 Å². The number of phenols is 2. The average molecular weight is 309 g/mol. The molecule has 0 spiro atoms. The van der Waals surface area contributed by atoms with Crippen LogP contribution >= 0.6 is 0 Å². The first-order chi connectivity index (χ1) is 10.9. The molecule has 0 bridgehead atoms. The molecule has 0 fully saturated rings. The summed E-state index contributed by atoms with van der Waals surface area (Å²) < 4.78 is 1.82. The fraction of sp³-hybridized carbons (Fsp3) is 0.211. The van der Waals surface area contributed by atoms with Gasteiger partial charge in [0.1, 0.15) is 11.5 Å².